The molecule has 1 aliphatic carbocycles. The quantitative estimate of drug-likeness (QED) is 0.474. The van der Waals surface area contributed by atoms with E-state index >= 15 is 0 Å². The van der Waals surface area contributed by atoms with Gasteiger partial charge >= 0.3 is 6.18 Å². The molecule has 8 heteroatoms. The third-order valence-electron chi connectivity index (χ3n) is 5.83. The van der Waals surface area contributed by atoms with Crippen molar-refractivity contribution in [2.45, 2.75) is 59.2 Å². The van der Waals surface area contributed by atoms with Crippen molar-refractivity contribution in [3.8, 4) is 23.0 Å². The van der Waals surface area contributed by atoms with E-state index in [0.29, 0.717) is 5.69 Å². The second kappa shape index (κ2) is 7.66. The normalized spacial score (nSPS) is 15.7. The van der Waals surface area contributed by atoms with Gasteiger partial charge in [0.1, 0.15) is 0 Å². The molecule has 0 atom stereocenters. The molecule has 0 radical (unpaired) electrons. The Morgan fingerprint density at radius 3 is 2.74 bits per heavy atom. The zero-order chi connectivity index (χ0) is 22.4. The summed E-state index contributed by atoms with van der Waals surface area (Å²) in [6, 6.07) is 4.08. The molecule has 3 aromatic rings. The number of fused-ring (bicyclic) bond motifs is 1. The summed E-state index contributed by atoms with van der Waals surface area (Å²) in [5.41, 5.74) is 2.78. The lowest BCUT2D eigenvalue weighted by atomic mass is 9.76. The SMILES string of the molecule is C=CCc1ccc(-c2noc(-c3nn(CC)c4c3CCC(C)(C)C4)n2)cc1C(F)(F)F. The number of aryl methyl sites for hydroxylation is 1. The molecule has 4 rings (SSSR count). The summed E-state index contributed by atoms with van der Waals surface area (Å²) in [4.78, 5) is 4.40. The Morgan fingerprint density at radius 2 is 2.06 bits per heavy atom. The maximum Gasteiger partial charge on any atom is 0.416 e. The van der Waals surface area contributed by atoms with Crippen LogP contribution in [-0.4, -0.2) is 19.9 Å². The number of allylic oxidation sites excluding steroid dienone is 1. The molecule has 164 valence electrons. The first kappa shape index (κ1) is 21.3. The van der Waals surface area contributed by atoms with Crippen molar-refractivity contribution in [1.82, 2.24) is 19.9 Å². The highest BCUT2D eigenvalue weighted by molar-refractivity contribution is 5.62. The summed E-state index contributed by atoms with van der Waals surface area (Å²) in [6.07, 6.45) is -0.127. The van der Waals surface area contributed by atoms with Crippen LogP contribution in [0.4, 0.5) is 13.2 Å². The highest BCUT2D eigenvalue weighted by Gasteiger charge is 2.35. The summed E-state index contributed by atoms with van der Waals surface area (Å²) in [6.45, 7) is 10.8. The number of halogens is 3. The predicted molar refractivity (Wildman–Crippen MR) is 111 cm³/mol. The molecule has 0 saturated heterocycles. The van der Waals surface area contributed by atoms with E-state index in [4.69, 9.17) is 4.52 Å². The van der Waals surface area contributed by atoms with Gasteiger partial charge in [0, 0.05) is 23.4 Å². The van der Waals surface area contributed by atoms with E-state index in [1.165, 1.54) is 17.8 Å². The second-order valence-electron chi connectivity index (χ2n) is 8.72. The van der Waals surface area contributed by atoms with Crippen molar-refractivity contribution in [1.29, 1.82) is 0 Å². The number of benzene rings is 1. The van der Waals surface area contributed by atoms with Gasteiger partial charge in [-0.2, -0.15) is 23.3 Å². The van der Waals surface area contributed by atoms with Gasteiger partial charge in [-0.15, -0.1) is 6.58 Å². The molecular formula is C23H25F3N4O. The van der Waals surface area contributed by atoms with Gasteiger partial charge < -0.3 is 4.52 Å². The Bertz CT molecular complexity index is 1120. The van der Waals surface area contributed by atoms with Crippen LogP contribution in [0.3, 0.4) is 0 Å². The average Bonchev–Trinajstić information content (AvgIpc) is 3.31. The molecule has 0 saturated carbocycles. The van der Waals surface area contributed by atoms with Gasteiger partial charge in [-0.05, 0) is 49.7 Å². The monoisotopic (exact) mass is 430 g/mol. The molecule has 5 nitrogen and oxygen atoms in total. The van der Waals surface area contributed by atoms with Crippen LogP contribution in [0.15, 0.2) is 35.4 Å². The Balaban J connectivity index is 1.73. The average molecular weight is 430 g/mol. The fourth-order valence-electron chi connectivity index (χ4n) is 4.18. The van der Waals surface area contributed by atoms with Gasteiger partial charge in [-0.3, -0.25) is 4.68 Å². The van der Waals surface area contributed by atoms with Crippen molar-refractivity contribution in [3.63, 3.8) is 0 Å². The summed E-state index contributed by atoms with van der Waals surface area (Å²) >= 11 is 0. The largest absolute Gasteiger partial charge is 0.416 e. The van der Waals surface area contributed by atoms with Crippen LogP contribution in [0.5, 0.6) is 0 Å². The van der Waals surface area contributed by atoms with Crippen LogP contribution < -0.4 is 0 Å². The zero-order valence-electron chi connectivity index (χ0n) is 17.9. The number of nitrogens with zero attached hydrogens (tertiary/aromatic N) is 4. The van der Waals surface area contributed by atoms with E-state index in [2.05, 4.69) is 35.7 Å². The molecule has 0 amide bonds. The molecule has 0 N–H and O–H groups in total. The van der Waals surface area contributed by atoms with Gasteiger partial charge in [-0.1, -0.05) is 37.2 Å². The van der Waals surface area contributed by atoms with Crippen LogP contribution in [0, 0.1) is 5.41 Å². The summed E-state index contributed by atoms with van der Waals surface area (Å²) in [5.74, 6) is 0.350. The molecule has 0 unspecified atom stereocenters. The van der Waals surface area contributed by atoms with Gasteiger partial charge in [0.05, 0.1) is 5.56 Å². The highest BCUT2D eigenvalue weighted by Crippen LogP contribution is 2.39. The first-order valence-corrected chi connectivity index (χ1v) is 10.4. The fraction of sp³-hybridized carbons (Fsp3) is 0.435. The van der Waals surface area contributed by atoms with Gasteiger partial charge in [-0.25, -0.2) is 0 Å². The smallest absolute Gasteiger partial charge is 0.332 e. The number of alkyl halides is 3. The lowest BCUT2D eigenvalue weighted by molar-refractivity contribution is -0.138. The Hall–Kier alpha value is -2.90. The maximum atomic E-state index is 13.5. The lowest BCUT2D eigenvalue weighted by Crippen LogP contribution is -2.24. The standard InChI is InChI=1S/C23H25F3N4O/c1-5-7-14-8-9-15(12-17(14)23(24,25)26)20-27-21(31-29-20)19-16-10-11-22(3,4)13-18(16)30(6-2)28-19/h5,8-9,12H,1,6-7,10-11,13H2,2-4H3. The number of rotatable bonds is 5. The molecule has 31 heavy (non-hydrogen) atoms. The predicted octanol–water partition coefficient (Wildman–Crippen LogP) is 5.88. The van der Waals surface area contributed by atoms with E-state index in [1.54, 1.807) is 6.07 Å². The number of hydrogen-bond acceptors (Lipinski definition) is 4. The molecule has 1 aliphatic rings. The van der Waals surface area contributed by atoms with Crippen molar-refractivity contribution >= 4 is 0 Å². The minimum atomic E-state index is -4.48. The Morgan fingerprint density at radius 1 is 1.29 bits per heavy atom. The molecule has 2 heterocycles. The van der Waals surface area contributed by atoms with Crippen LogP contribution >= 0.6 is 0 Å². The van der Waals surface area contributed by atoms with E-state index < -0.39 is 11.7 Å². The topological polar surface area (TPSA) is 56.7 Å². The zero-order valence-corrected chi connectivity index (χ0v) is 17.9. The summed E-state index contributed by atoms with van der Waals surface area (Å²) in [5, 5.41) is 8.63. The van der Waals surface area contributed by atoms with Gasteiger partial charge in [0.15, 0.2) is 5.69 Å². The van der Waals surface area contributed by atoms with E-state index in [1.807, 2.05) is 11.6 Å². The molecule has 0 fully saturated rings. The number of aromatic nitrogens is 4. The first-order valence-electron chi connectivity index (χ1n) is 10.4. The fourth-order valence-corrected chi connectivity index (χ4v) is 4.18. The Kier molecular flexibility index (Phi) is 5.27. The number of hydrogen-bond donors (Lipinski definition) is 0. The minimum absolute atomic E-state index is 0.113. The van der Waals surface area contributed by atoms with Crippen LogP contribution in [0.1, 0.15) is 49.6 Å². The van der Waals surface area contributed by atoms with Crippen LogP contribution in [0.25, 0.3) is 23.0 Å². The minimum Gasteiger partial charge on any atom is -0.332 e. The van der Waals surface area contributed by atoms with Gasteiger partial charge in [0.25, 0.3) is 5.89 Å². The second-order valence-corrected chi connectivity index (χ2v) is 8.72. The van der Waals surface area contributed by atoms with Crippen molar-refractivity contribution in [2.24, 2.45) is 5.41 Å². The van der Waals surface area contributed by atoms with Crippen molar-refractivity contribution in [2.75, 3.05) is 0 Å². The van der Waals surface area contributed by atoms with Crippen molar-refractivity contribution in [3.05, 3.63) is 53.2 Å². The highest BCUT2D eigenvalue weighted by atomic mass is 19.4. The Labute approximate surface area is 179 Å². The maximum absolute atomic E-state index is 13.5. The molecule has 0 aliphatic heterocycles. The molecule has 1 aromatic carbocycles. The third-order valence-corrected chi connectivity index (χ3v) is 5.83. The van der Waals surface area contributed by atoms with Crippen molar-refractivity contribution < 1.29 is 17.7 Å². The lowest BCUT2D eigenvalue weighted by Gasteiger charge is -2.30. The van der Waals surface area contributed by atoms with E-state index in [9.17, 15) is 13.2 Å². The van der Waals surface area contributed by atoms with E-state index in [-0.39, 0.29) is 34.7 Å². The third kappa shape index (κ3) is 4.03. The summed E-state index contributed by atoms with van der Waals surface area (Å²) in [7, 11) is 0. The molecule has 0 spiro atoms. The van der Waals surface area contributed by atoms with Gasteiger partial charge in [0.2, 0.25) is 5.82 Å². The van der Waals surface area contributed by atoms with Crippen LogP contribution in [-0.2, 0) is 32.0 Å². The first-order chi connectivity index (χ1) is 14.6. The summed E-state index contributed by atoms with van der Waals surface area (Å²) < 4.78 is 48.0. The van der Waals surface area contributed by atoms with E-state index in [0.717, 1.165) is 37.4 Å². The van der Waals surface area contributed by atoms with Crippen LogP contribution in [0.2, 0.25) is 0 Å². The molecular weight excluding hydrogens is 405 g/mol. The molecule has 0 bridgehead atoms. The molecule has 2 aromatic heterocycles.